The molecular formula is C15H25BrN2O. The number of hydrogen-bond acceptors (Lipinski definition) is 3. The number of nitrogens with zero attached hydrogens (tertiary/aromatic N) is 1. The highest BCUT2D eigenvalue weighted by Gasteiger charge is 2.14. The third kappa shape index (κ3) is 6.39. The lowest BCUT2D eigenvalue weighted by Gasteiger charge is -2.22. The second kappa shape index (κ2) is 7.25. The minimum atomic E-state index is 0.0780. The zero-order valence-electron chi connectivity index (χ0n) is 12.6. The van der Waals surface area contributed by atoms with Crippen LogP contribution in [-0.4, -0.2) is 16.6 Å². The highest BCUT2D eigenvalue weighted by molar-refractivity contribution is 9.10. The summed E-state index contributed by atoms with van der Waals surface area (Å²) >= 11 is 3.47. The van der Waals surface area contributed by atoms with Crippen LogP contribution in [0.25, 0.3) is 0 Å². The van der Waals surface area contributed by atoms with E-state index in [1.54, 1.807) is 6.20 Å². The fraction of sp³-hybridized carbons (Fsp3) is 0.667. The average Bonchev–Trinajstić information content (AvgIpc) is 2.29. The first-order valence-corrected chi connectivity index (χ1v) is 7.67. The zero-order valence-corrected chi connectivity index (χ0v) is 14.2. The summed E-state index contributed by atoms with van der Waals surface area (Å²) in [6, 6.07) is 2.07. The molecule has 1 aromatic heterocycles. The Morgan fingerprint density at radius 2 is 2.11 bits per heavy atom. The fourth-order valence-electron chi connectivity index (χ4n) is 1.72. The van der Waals surface area contributed by atoms with Crippen molar-refractivity contribution in [3.05, 3.63) is 22.3 Å². The molecule has 1 N–H and O–H groups in total. The van der Waals surface area contributed by atoms with Crippen LogP contribution in [0.3, 0.4) is 0 Å². The smallest absolute Gasteiger partial charge is 0.218 e. The highest BCUT2D eigenvalue weighted by Crippen LogP contribution is 2.22. The van der Waals surface area contributed by atoms with Crippen molar-refractivity contribution in [2.45, 2.75) is 65.6 Å². The summed E-state index contributed by atoms with van der Waals surface area (Å²) in [6.07, 6.45) is 4.15. The van der Waals surface area contributed by atoms with Gasteiger partial charge in [-0.1, -0.05) is 13.3 Å². The fourth-order valence-corrected chi connectivity index (χ4v) is 2.10. The SMILES string of the molecule is CCCC(C)Oc1ncc(Br)cc1CNC(C)(C)C. The summed E-state index contributed by atoms with van der Waals surface area (Å²) < 4.78 is 6.91. The monoisotopic (exact) mass is 328 g/mol. The molecule has 1 aromatic rings. The predicted molar refractivity (Wildman–Crippen MR) is 83.5 cm³/mol. The van der Waals surface area contributed by atoms with Crippen molar-refractivity contribution in [1.82, 2.24) is 10.3 Å². The van der Waals surface area contributed by atoms with Crippen molar-refractivity contribution < 1.29 is 4.74 Å². The van der Waals surface area contributed by atoms with Gasteiger partial charge in [0.2, 0.25) is 5.88 Å². The van der Waals surface area contributed by atoms with Gasteiger partial charge < -0.3 is 10.1 Å². The van der Waals surface area contributed by atoms with Crippen LogP contribution < -0.4 is 10.1 Å². The van der Waals surface area contributed by atoms with Crippen molar-refractivity contribution in [2.24, 2.45) is 0 Å². The van der Waals surface area contributed by atoms with E-state index in [0.717, 1.165) is 35.3 Å². The van der Waals surface area contributed by atoms with E-state index in [9.17, 15) is 0 Å². The van der Waals surface area contributed by atoms with Gasteiger partial charge in [-0.3, -0.25) is 0 Å². The standard InChI is InChI=1S/C15H25BrN2O/c1-6-7-11(2)19-14-12(8-13(16)10-17-14)9-18-15(3,4)5/h8,10-11,18H,6-7,9H2,1-5H3. The molecule has 0 aliphatic heterocycles. The summed E-state index contributed by atoms with van der Waals surface area (Å²) in [5, 5.41) is 3.47. The number of hydrogen-bond donors (Lipinski definition) is 1. The zero-order chi connectivity index (χ0) is 14.5. The number of nitrogens with one attached hydrogen (secondary N) is 1. The van der Waals surface area contributed by atoms with Crippen LogP contribution >= 0.6 is 15.9 Å². The number of rotatable bonds is 6. The molecule has 0 radical (unpaired) electrons. The minimum Gasteiger partial charge on any atom is -0.474 e. The van der Waals surface area contributed by atoms with Crippen LogP contribution in [0.4, 0.5) is 0 Å². The molecule has 1 unspecified atom stereocenters. The van der Waals surface area contributed by atoms with E-state index >= 15 is 0 Å². The molecule has 0 saturated heterocycles. The molecule has 4 heteroatoms. The molecule has 0 fully saturated rings. The Balaban J connectivity index is 2.79. The van der Waals surface area contributed by atoms with Gasteiger partial charge in [-0.25, -0.2) is 4.98 Å². The third-order valence-corrected chi connectivity index (χ3v) is 3.14. The van der Waals surface area contributed by atoms with Gasteiger partial charge in [-0.15, -0.1) is 0 Å². The van der Waals surface area contributed by atoms with Crippen molar-refractivity contribution >= 4 is 15.9 Å². The minimum absolute atomic E-state index is 0.0780. The van der Waals surface area contributed by atoms with Gasteiger partial charge in [-0.2, -0.15) is 0 Å². The molecule has 1 rings (SSSR count). The lowest BCUT2D eigenvalue weighted by Crippen LogP contribution is -2.35. The van der Waals surface area contributed by atoms with Crippen LogP contribution in [0.5, 0.6) is 5.88 Å². The first-order chi connectivity index (χ1) is 8.81. The molecule has 0 aromatic carbocycles. The Morgan fingerprint density at radius 1 is 1.42 bits per heavy atom. The van der Waals surface area contributed by atoms with Crippen LogP contribution in [0.15, 0.2) is 16.7 Å². The average molecular weight is 329 g/mol. The molecule has 0 aliphatic rings. The molecule has 0 aliphatic carbocycles. The van der Waals surface area contributed by atoms with Gasteiger partial charge >= 0.3 is 0 Å². The lowest BCUT2D eigenvalue weighted by atomic mass is 10.1. The maximum absolute atomic E-state index is 5.93. The molecule has 108 valence electrons. The summed E-state index contributed by atoms with van der Waals surface area (Å²) in [5.74, 6) is 0.737. The Bertz CT molecular complexity index is 402. The van der Waals surface area contributed by atoms with Gasteiger partial charge in [0.1, 0.15) is 0 Å². The summed E-state index contributed by atoms with van der Waals surface area (Å²) in [7, 11) is 0. The first kappa shape index (κ1) is 16.4. The summed E-state index contributed by atoms with van der Waals surface area (Å²) in [5.41, 5.74) is 1.17. The topological polar surface area (TPSA) is 34.1 Å². The quantitative estimate of drug-likeness (QED) is 0.845. The van der Waals surface area contributed by atoms with Gasteiger partial charge in [-0.05, 0) is 56.1 Å². The molecule has 19 heavy (non-hydrogen) atoms. The summed E-state index contributed by atoms with van der Waals surface area (Å²) in [4.78, 5) is 4.39. The molecule has 0 amide bonds. The number of aromatic nitrogens is 1. The van der Waals surface area contributed by atoms with Gasteiger partial charge in [0.05, 0.1) is 6.10 Å². The molecule has 0 bridgehead atoms. The van der Waals surface area contributed by atoms with E-state index < -0.39 is 0 Å². The number of halogens is 1. The van der Waals surface area contributed by atoms with Gasteiger partial charge in [0.25, 0.3) is 0 Å². The Labute approximate surface area is 125 Å². The second-order valence-electron chi connectivity index (χ2n) is 5.94. The van der Waals surface area contributed by atoms with E-state index in [4.69, 9.17) is 4.74 Å². The normalized spacial score (nSPS) is 13.4. The summed E-state index contributed by atoms with van der Waals surface area (Å²) in [6.45, 7) is 11.5. The molecule has 0 spiro atoms. The Hall–Kier alpha value is -0.610. The lowest BCUT2D eigenvalue weighted by molar-refractivity contribution is 0.198. The van der Waals surface area contributed by atoms with Crippen LogP contribution in [-0.2, 0) is 6.54 Å². The molecular weight excluding hydrogens is 304 g/mol. The van der Waals surface area contributed by atoms with Gasteiger partial charge in [0.15, 0.2) is 0 Å². The van der Waals surface area contributed by atoms with E-state index in [-0.39, 0.29) is 11.6 Å². The van der Waals surface area contributed by atoms with Crippen molar-refractivity contribution in [1.29, 1.82) is 0 Å². The van der Waals surface area contributed by atoms with Crippen LogP contribution in [0.2, 0.25) is 0 Å². The van der Waals surface area contributed by atoms with E-state index in [1.807, 2.05) is 0 Å². The predicted octanol–water partition coefficient (Wildman–Crippen LogP) is 4.30. The molecule has 3 nitrogen and oxygen atoms in total. The highest BCUT2D eigenvalue weighted by atomic mass is 79.9. The van der Waals surface area contributed by atoms with Crippen molar-refractivity contribution in [3.63, 3.8) is 0 Å². The van der Waals surface area contributed by atoms with Gasteiger partial charge in [0, 0.05) is 28.3 Å². The Morgan fingerprint density at radius 3 is 2.68 bits per heavy atom. The van der Waals surface area contributed by atoms with Crippen molar-refractivity contribution in [3.8, 4) is 5.88 Å². The van der Waals surface area contributed by atoms with Crippen LogP contribution in [0, 0.1) is 0 Å². The van der Waals surface area contributed by atoms with E-state index in [2.05, 4.69) is 66.9 Å². The molecule has 1 atom stereocenters. The number of pyridine rings is 1. The molecule has 1 heterocycles. The number of ether oxygens (including phenoxy) is 1. The second-order valence-corrected chi connectivity index (χ2v) is 6.85. The third-order valence-electron chi connectivity index (χ3n) is 2.71. The largest absolute Gasteiger partial charge is 0.474 e. The maximum Gasteiger partial charge on any atom is 0.218 e. The van der Waals surface area contributed by atoms with E-state index in [1.165, 1.54) is 0 Å². The Kier molecular flexibility index (Phi) is 6.27. The van der Waals surface area contributed by atoms with E-state index in [0.29, 0.717) is 0 Å². The van der Waals surface area contributed by atoms with Crippen molar-refractivity contribution in [2.75, 3.05) is 0 Å². The maximum atomic E-state index is 5.93. The first-order valence-electron chi connectivity index (χ1n) is 6.88. The van der Waals surface area contributed by atoms with Crippen LogP contribution in [0.1, 0.15) is 53.0 Å². The molecule has 0 saturated carbocycles.